The molecule has 3 heterocycles. The first-order valence-electron chi connectivity index (χ1n) is 12.7. The van der Waals surface area contributed by atoms with Crippen LogP contribution in [-0.2, 0) is 22.1 Å². The molecule has 8 heteroatoms. The number of ether oxygens (including phenoxy) is 1. The Morgan fingerprint density at radius 3 is 2.58 bits per heavy atom. The topological polar surface area (TPSA) is 79.4 Å². The third kappa shape index (κ3) is 5.45. The lowest BCUT2D eigenvalue weighted by Crippen LogP contribution is -2.39. The minimum Gasteiger partial charge on any atom is -0.363 e. The van der Waals surface area contributed by atoms with Crippen molar-refractivity contribution in [3.63, 3.8) is 0 Å². The van der Waals surface area contributed by atoms with Gasteiger partial charge in [0.25, 0.3) is 0 Å². The first-order valence-corrected chi connectivity index (χ1v) is 13.8. The standard InChI is InChI=1S/C28H35N5O2S/c1-28(2,3)36(34)32-23(17-20-9-5-4-6-10-20)21-12-14-22(15-13-21)25-26-27(30-18-29-25)33(19-31-26)24-11-7-8-16-35-24/h4-6,9-10,12-15,18,23-24,31-32H,7-8,11,16-17,19H2,1-3H3. The predicted octanol–water partition coefficient (Wildman–Crippen LogP) is 5.20. The Morgan fingerprint density at radius 2 is 1.89 bits per heavy atom. The average molecular weight is 506 g/mol. The second kappa shape index (κ2) is 10.7. The van der Waals surface area contributed by atoms with Crippen LogP contribution in [0, 0.1) is 0 Å². The molecule has 3 atom stereocenters. The first-order chi connectivity index (χ1) is 17.4. The zero-order valence-corrected chi connectivity index (χ0v) is 22.1. The van der Waals surface area contributed by atoms with Gasteiger partial charge < -0.3 is 15.0 Å². The Bertz CT molecular complexity index is 1190. The van der Waals surface area contributed by atoms with Gasteiger partial charge in [0.15, 0.2) is 5.82 Å². The van der Waals surface area contributed by atoms with Crippen LogP contribution in [0.15, 0.2) is 60.9 Å². The molecule has 0 bridgehead atoms. The van der Waals surface area contributed by atoms with E-state index in [-0.39, 0.29) is 17.0 Å². The second-order valence-electron chi connectivity index (χ2n) is 10.4. The van der Waals surface area contributed by atoms with Gasteiger partial charge in [0, 0.05) is 18.2 Å². The third-order valence-electron chi connectivity index (χ3n) is 6.70. The zero-order chi connectivity index (χ0) is 25.1. The molecule has 2 N–H and O–H groups in total. The molecular formula is C28H35N5O2S. The molecule has 7 nitrogen and oxygen atoms in total. The summed E-state index contributed by atoms with van der Waals surface area (Å²) in [5.74, 6) is 0.903. The highest BCUT2D eigenvalue weighted by Gasteiger charge is 2.31. The van der Waals surface area contributed by atoms with Crippen LogP contribution >= 0.6 is 0 Å². The van der Waals surface area contributed by atoms with E-state index < -0.39 is 11.0 Å². The summed E-state index contributed by atoms with van der Waals surface area (Å²) >= 11 is 0. The first kappa shape index (κ1) is 24.9. The van der Waals surface area contributed by atoms with Gasteiger partial charge in [0.2, 0.25) is 0 Å². The van der Waals surface area contributed by atoms with Gasteiger partial charge in [-0.3, -0.25) is 0 Å². The summed E-state index contributed by atoms with van der Waals surface area (Å²) < 4.78 is 22.0. The van der Waals surface area contributed by atoms with Crippen molar-refractivity contribution in [3.05, 3.63) is 72.1 Å². The van der Waals surface area contributed by atoms with Crippen molar-refractivity contribution in [2.24, 2.45) is 0 Å². The Kier molecular flexibility index (Phi) is 7.37. The number of nitrogens with zero attached hydrogens (tertiary/aromatic N) is 3. The Balaban J connectivity index is 1.40. The lowest BCUT2D eigenvalue weighted by Gasteiger charge is -2.31. The number of benzene rings is 2. The molecule has 1 saturated heterocycles. The van der Waals surface area contributed by atoms with Gasteiger partial charge in [-0.25, -0.2) is 18.9 Å². The van der Waals surface area contributed by atoms with Crippen molar-refractivity contribution in [1.82, 2.24) is 14.7 Å². The molecule has 190 valence electrons. The van der Waals surface area contributed by atoms with E-state index in [0.717, 1.165) is 54.2 Å². The number of aromatic nitrogens is 2. The van der Waals surface area contributed by atoms with Crippen LogP contribution in [0.2, 0.25) is 0 Å². The lowest BCUT2D eigenvalue weighted by molar-refractivity contribution is 0.0155. The minimum atomic E-state index is -1.19. The maximum atomic E-state index is 13.0. The number of fused-ring (bicyclic) bond motifs is 1. The maximum absolute atomic E-state index is 13.0. The second-order valence-corrected chi connectivity index (χ2v) is 12.4. The van der Waals surface area contributed by atoms with Crippen molar-refractivity contribution in [2.75, 3.05) is 23.5 Å². The molecule has 0 spiro atoms. The van der Waals surface area contributed by atoms with Crippen LogP contribution in [-0.4, -0.2) is 38.4 Å². The van der Waals surface area contributed by atoms with Crippen molar-refractivity contribution >= 4 is 22.5 Å². The fourth-order valence-electron chi connectivity index (χ4n) is 4.68. The fraction of sp³-hybridized carbons (Fsp3) is 0.429. The smallest absolute Gasteiger partial charge is 0.159 e. The van der Waals surface area contributed by atoms with Crippen LogP contribution in [0.25, 0.3) is 11.3 Å². The summed E-state index contributed by atoms with van der Waals surface area (Å²) in [6, 6.07) is 18.7. The molecule has 36 heavy (non-hydrogen) atoms. The molecule has 2 aliphatic heterocycles. The van der Waals surface area contributed by atoms with E-state index in [1.807, 2.05) is 39.0 Å². The van der Waals surface area contributed by atoms with Gasteiger partial charge in [-0.2, -0.15) is 0 Å². The van der Waals surface area contributed by atoms with Crippen LogP contribution in [0.1, 0.15) is 57.2 Å². The normalized spacial score (nSPS) is 19.4. The average Bonchev–Trinajstić information content (AvgIpc) is 3.33. The molecule has 2 aromatic carbocycles. The predicted molar refractivity (Wildman–Crippen MR) is 146 cm³/mol. The van der Waals surface area contributed by atoms with Crippen molar-refractivity contribution in [2.45, 2.75) is 63.5 Å². The number of rotatable bonds is 7. The summed E-state index contributed by atoms with van der Waals surface area (Å²) in [5, 5.41) is 3.50. The number of hydrogen-bond acceptors (Lipinski definition) is 6. The largest absolute Gasteiger partial charge is 0.363 e. The van der Waals surface area contributed by atoms with Gasteiger partial charge in [-0.15, -0.1) is 0 Å². The minimum absolute atomic E-state index is 0.0612. The van der Waals surface area contributed by atoms with E-state index in [1.165, 1.54) is 12.0 Å². The Labute approximate surface area is 216 Å². The maximum Gasteiger partial charge on any atom is 0.159 e. The highest BCUT2D eigenvalue weighted by atomic mass is 32.2. The highest BCUT2D eigenvalue weighted by Crippen LogP contribution is 2.39. The van der Waals surface area contributed by atoms with Gasteiger partial charge in [-0.1, -0.05) is 54.6 Å². The summed E-state index contributed by atoms with van der Waals surface area (Å²) in [5.41, 5.74) is 5.15. The molecule has 0 saturated carbocycles. The van der Waals surface area contributed by atoms with Gasteiger partial charge in [0.05, 0.1) is 28.1 Å². The van der Waals surface area contributed by atoms with Crippen LogP contribution < -0.4 is 14.9 Å². The molecule has 1 aromatic heterocycles. The molecule has 5 rings (SSSR count). The van der Waals surface area contributed by atoms with Crippen LogP contribution in [0.4, 0.5) is 11.5 Å². The van der Waals surface area contributed by atoms with E-state index in [1.54, 1.807) is 6.33 Å². The number of hydrogen-bond donors (Lipinski definition) is 2. The molecule has 1 fully saturated rings. The molecule has 3 aromatic rings. The number of anilines is 2. The van der Waals surface area contributed by atoms with Crippen LogP contribution in [0.5, 0.6) is 0 Å². The Morgan fingerprint density at radius 1 is 1.11 bits per heavy atom. The summed E-state index contributed by atoms with van der Waals surface area (Å²) in [4.78, 5) is 11.4. The van der Waals surface area contributed by atoms with E-state index >= 15 is 0 Å². The van der Waals surface area contributed by atoms with E-state index in [9.17, 15) is 4.21 Å². The molecule has 3 unspecified atom stereocenters. The molecular weight excluding hydrogens is 470 g/mol. The summed E-state index contributed by atoms with van der Waals surface area (Å²) in [6.07, 6.45) is 5.76. The van der Waals surface area contributed by atoms with Gasteiger partial charge in [0.1, 0.15) is 18.2 Å². The lowest BCUT2D eigenvalue weighted by atomic mass is 9.98. The summed E-state index contributed by atoms with van der Waals surface area (Å²) in [6.45, 7) is 7.44. The third-order valence-corrected chi connectivity index (χ3v) is 8.31. The van der Waals surface area contributed by atoms with E-state index in [2.05, 4.69) is 61.3 Å². The van der Waals surface area contributed by atoms with E-state index in [4.69, 9.17) is 4.74 Å². The molecule has 2 aliphatic rings. The Hall–Kier alpha value is -2.81. The fourth-order valence-corrected chi connectivity index (χ4v) is 5.51. The summed E-state index contributed by atoms with van der Waals surface area (Å²) in [7, 11) is -1.19. The SMILES string of the molecule is CC(C)(C)S(=O)NC(Cc1ccccc1)c1ccc(-c2ncnc3c2NCN3C2CCCCO2)cc1. The highest BCUT2D eigenvalue weighted by molar-refractivity contribution is 7.84. The number of nitrogens with one attached hydrogen (secondary N) is 2. The van der Waals surface area contributed by atoms with Crippen molar-refractivity contribution < 1.29 is 8.95 Å². The molecule has 0 radical (unpaired) electrons. The van der Waals surface area contributed by atoms with Crippen molar-refractivity contribution in [3.8, 4) is 11.3 Å². The quantitative estimate of drug-likeness (QED) is 0.460. The van der Waals surface area contributed by atoms with Crippen molar-refractivity contribution in [1.29, 1.82) is 0 Å². The van der Waals surface area contributed by atoms with Gasteiger partial charge in [-0.05, 0) is 57.6 Å². The van der Waals surface area contributed by atoms with E-state index in [0.29, 0.717) is 6.67 Å². The van der Waals surface area contributed by atoms with Crippen LogP contribution in [0.3, 0.4) is 0 Å². The zero-order valence-electron chi connectivity index (χ0n) is 21.2. The molecule has 0 amide bonds. The monoisotopic (exact) mass is 505 g/mol. The molecule has 0 aliphatic carbocycles. The van der Waals surface area contributed by atoms with Gasteiger partial charge >= 0.3 is 0 Å².